The van der Waals surface area contributed by atoms with Gasteiger partial charge in [-0.3, -0.25) is 0 Å². The van der Waals surface area contributed by atoms with E-state index in [0.717, 1.165) is 0 Å². The number of alkyl halides is 9. The Morgan fingerprint density at radius 3 is 1.39 bits per heavy atom. The first-order chi connectivity index (χ1) is 7.56. The monoisotopic (exact) mass is 315 g/mol. The van der Waals surface area contributed by atoms with Gasteiger partial charge in [-0.25, -0.2) is 0 Å². The van der Waals surface area contributed by atoms with Crippen LogP contribution in [0.25, 0.3) is 0 Å². The highest BCUT2D eigenvalue weighted by molar-refractivity contribution is 7.94. The Morgan fingerprint density at radius 1 is 0.833 bits per heavy atom. The molecule has 0 bridgehead atoms. The maximum Gasteiger partial charge on any atom is 0.550 e. The summed E-state index contributed by atoms with van der Waals surface area (Å²) < 4.78 is 131. The van der Waals surface area contributed by atoms with Crippen molar-refractivity contribution in [3.63, 3.8) is 0 Å². The summed E-state index contributed by atoms with van der Waals surface area (Å²) in [5.74, 6) is -11.0. The largest absolute Gasteiger partial charge is 0.550 e. The van der Waals surface area contributed by atoms with Gasteiger partial charge in [0, 0.05) is 0 Å². The number of rotatable bonds is 4. The summed E-state index contributed by atoms with van der Waals surface area (Å²) >= 11 is 0. The highest BCUT2D eigenvalue weighted by atomic mass is 32.3. The lowest BCUT2D eigenvalue weighted by molar-refractivity contribution is -0.383. The second kappa shape index (κ2) is 4.21. The molecule has 1 radical (unpaired) electrons. The van der Waals surface area contributed by atoms with Gasteiger partial charge in [-0.2, -0.15) is 36.6 Å². The first-order valence-electron chi connectivity index (χ1n) is 3.39. The smallest absolute Gasteiger partial charge is 0.189 e. The molecular formula is C4H2F9NO3S+. The quantitative estimate of drug-likeness (QED) is 0.490. The SMILES string of the molecule is NO[S+]([O])(=O)C(F)(F)C(F)(F)C(F)(F)C(F)(F)F. The average Bonchev–Trinajstić information content (AvgIpc) is 2.15. The first-order valence-corrected chi connectivity index (χ1v) is 4.80. The third-order valence-corrected chi connectivity index (χ3v) is 2.69. The molecule has 0 rings (SSSR count). The zero-order valence-electron chi connectivity index (χ0n) is 7.61. The summed E-state index contributed by atoms with van der Waals surface area (Å²) in [6.07, 6.45) is -7.12. The Kier molecular flexibility index (Phi) is 4.07. The number of halogens is 9. The highest BCUT2D eigenvalue weighted by Crippen LogP contribution is 2.55. The molecule has 0 aliphatic heterocycles. The lowest BCUT2D eigenvalue weighted by Gasteiger charge is -2.29. The predicted octanol–water partition coefficient (Wildman–Crippen LogP) is 2.06. The fourth-order valence-electron chi connectivity index (χ4n) is 0.578. The van der Waals surface area contributed by atoms with Crippen molar-refractivity contribution in [1.29, 1.82) is 0 Å². The van der Waals surface area contributed by atoms with Gasteiger partial charge in [0.1, 0.15) is 0 Å². The summed E-state index contributed by atoms with van der Waals surface area (Å²) in [7, 11) is -6.88. The van der Waals surface area contributed by atoms with Crippen LogP contribution >= 0.6 is 0 Å². The number of hydrogen-bond donors (Lipinski definition) is 1. The van der Waals surface area contributed by atoms with Gasteiger partial charge in [0.2, 0.25) is 0 Å². The Balaban J connectivity index is 5.88. The molecule has 2 N–H and O–H groups in total. The molecule has 0 heterocycles. The van der Waals surface area contributed by atoms with E-state index in [2.05, 4.69) is 10.2 Å². The number of nitrogens with two attached hydrogens (primary N) is 1. The van der Waals surface area contributed by atoms with Crippen LogP contribution in [0.15, 0.2) is 0 Å². The zero-order valence-corrected chi connectivity index (χ0v) is 8.43. The van der Waals surface area contributed by atoms with Crippen LogP contribution in [0.1, 0.15) is 0 Å². The van der Waals surface area contributed by atoms with Crippen molar-refractivity contribution in [3.8, 4) is 0 Å². The average molecular weight is 315 g/mol. The Labute approximate surface area is 93.3 Å². The minimum atomic E-state index is -7.32. The lowest BCUT2D eigenvalue weighted by Crippen LogP contribution is -2.64. The van der Waals surface area contributed by atoms with Crippen LogP contribution in [0.5, 0.6) is 0 Å². The van der Waals surface area contributed by atoms with E-state index in [-0.39, 0.29) is 0 Å². The standard InChI is InChI=1S/C4H2F9NO3S/c5-1(6,3(9,10)11)2(7,8)4(12,13)18(15,16)17-14/h14H2/q+1. The fourth-order valence-corrected chi connectivity index (χ4v) is 1.14. The van der Waals surface area contributed by atoms with Gasteiger partial charge in [-0.05, 0) is 8.49 Å². The molecule has 0 aliphatic rings. The van der Waals surface area contributed by atoms with E-state index in [1.165, 1.54) is 0 Å². The second-order valence-electron chi connectivity index (χ2n) is 2.71. The van der Waals surface area contributed by atoms with Crippen LogP contribution < -0.4 is 5.90 Å². The van der Waals surface area contributed by atoms with Crippen molar-refractivity contribution in [2.45, 2.75) is 23.3 Å². The molecular weight excluding hydrogens is 313 g/mol. The molecule has 109 valence electrons. The summed E-state index contributed by atoms with van der Waals surface area (Å²) in [5, 5.41) is -6.90. The molecule has 0 aromatic heterocycles. The molecule has 14 heteroatoms. The molecule has 0 fully saturated rings. The fraction of sp³-hybridized carbons (Fsp3) is 1.00. The van der Waals surface area contributed by atoms with Crippen LogP contribution in [0.3, 0.4) is 0 Å². The minimum Gasteiger partial charge on any atom is -0.189 e. The van der Waals surface area contributed by atoms with Crippen molar-refractivity contribution in [1.82, 2.24) is 0 Å². The second-order valence-corrected chi connectivity index (χ2v) is 4.33. The van der Waals surface area contributed by atoms with E-state index in [9.17, 15) is 48.3 Å². The lowest BCUT2D eigenvalue weighted by atomic mass is 10.1. The molecule has 0 aromatic rings. The van der Waals surface area contributed by atoms with Gasteiger partial charge in [-0.1, -0.05) is 0 Å². The van der Waals surface area contributed by atoms with Gasteiger partial charge in [0.25, 0.3) is 0 Å². The van der Waals surface area contributed by atoms with Crippen LogP contribution in [0.4, 0.5) is 39.5 Å². The molecule has 1 atom stereocenters. The van der Waals surface area contributed by atoms with Crippen LogP contribution in [0, 0.1) is 0 Å². The van der Waals surface area contributed by atoms with Crippen LogP contribution in [0.2, 0.25) is 0 Å². The Morgan fingerprint density at radius 2 is 1.17 bits per heavy atom. The maximum absolute atomic E-state index is 12.5. The van der Waals surface area contributed by atoms with Crippen molar-refractivity contribution in [2.75, 3.05) is 0 Å². The van der Waals surface area contributed by atoms with Gasteiger partial charge >= 0.3 is 33.8 Å². The molecule has 18 heavy (non-hydrogen) atoms. The maximum atomic E-state index is 12.5. The Bertz CT molecular complexity index is 365. The molecule has 1 unspecified atom stereocenters. The molecule has 0 amide bonds. The topological polar surface area (TPSA) is 72.2 Å². The first kappa shape index (κ1) is 17.4. The van der Waals surface area contributed by atoms with E-state index < -0.39 is 33.8 Å². The molecule has 4 nitrogen and oxygen atoms in total. The van der Waals surface area contributed by atoms with Gasteiger partial charge in [0.15, 0.2) is 0 Å². The summed E-state index contributed by atoms with van der Waals surface area (Å²) in [6.45, 7) is 0. The Hall–Kier alpha value is -0.600. The van der Waals surface area contributed by atoms with E-state index in [1.54, 1.807) is 0 Å². The van der Waals surface area contributed by atoms with E-state index in [1.807, 2.05) is 0 Å². The third-order valence-electron chi connectivity index (χ3n) is 1.56. The normalized spacial score (nSPS) is 18.6. The summed E-state index contributed by atoms with van der Waals surface area (Å²) in [6, 6.07) is 0. The number of hydrogen-bond acceptors (Lipinski definition) is 3. The third kappa shape index (κ3) is 2.17. The van der Waals surface area contributed by atoms with Crippen LogP contribution in [-0.4, -0.2) is 23.3 Å². The van der Waals surface area contributed by atoms with Crippen molar-refractivity contribution in [3.05, 3.63) is 0 Å². The molecule has 0 saturated heterocycles. The molecule has 0 aromatic carbocycles. The van der Waals surface area contributed by atoms with E-state index >= 15 is 0 Å². The van der Waals surface area contributed by atoms with Crippen molar-refractivity contribution in [2.24, 2.45) is 5.90 Å². The van der Waals surface area contributed by atoms with E-state index in [0.29, 0.717) is 0 Å². The minimum absolute atomic E-state index is 2.34. The summed E-state index contributed by atoms with van der Waals surface area (Å²) in [4.78, 5) is 0. The van der Waals surface area contributed by atoms with E-state index in [4.69, 9.17) is 0 Å². The summed E-state index contributed by atoms with van der Waals surface area (Å²) in [5.41, 5.74) is 0. The van der Waals surface area contributed by atoms with Gasteiger partial charge in [0.05, 0.1) is 4.55 Å². The van der Waals surface area contributed by atoms with Crippen molar-refractivity contribution < 1.29 is 52.6 Å². The van der Waals surface area contributed by atoms with Gasteiger partial charge in [-0.15, -0.1) is 8.78 Å². The van der Waals surface area contributed by atoms with Crippen LogP contribution in [-0.2, 0) is 23.5 Å². The molecule has 0 spiro atoms. The zero-order chi connectivity index (χ0) is 15.2. The van der Waals surface area contributed by atoms with Gasteiger partial charge < -0.3 is 0 Å². The van der Waals surface area contributed by atoms with Crippen molar-refractivity contribution >= 4 is 10.5 Å². The predicted molar refractivity (Wildman–Crippen MR) is 34.9 cm³/mol. The molecule has 0 aliphatic carbocycles. The molecule has 0 saturated carbocycles. The highest BCUT2D eigenvalue weighted by Gasteiger charge is 2.91.